The van der Waals surface area contributed by atoms with Gasteiger partial charge in [0.25, 0.3) is 0 Å². The van der Waals surface area contributed by atoms with Gasteiger partial charge in [0.2, 0.25) is 0 Å². The zero-order valence-electron chi connectivity index (χ0n) is 6.65. The second kappa shape index (κ2) is 3.62. The van der Waals surface area contributed by atoms with Crippen molar-refractivity contribution in [1.29, 1.82) is 0 Å². The number of aromatic carboxylic acids is 1. The maximum absolute atomic E-state index is 10.6. The van der Waals surface area contributed by atoms with Gasteiger partial charge in [-0.2, -0.15) is 0 Å². The van der Waals surface area contributed by atoms with Crippen molar-refractivity contribution in [3.63, 3.8) is 0 Å². The van der Waals surface area contributed by atoms with Crippen LogP contribution in [0.3, 0.4) is 0 Å². The summed E-state index contributed by atoms with van der Waals surface area (Å²) < 4.78 is 0. The number of halogens is 1. The number of carboxylic acids is 1. The molecular formula is C9H8BrNO2. The van der Waals surface area contributed by atoms with Crippen molar-refractivity contribution in [2.75, 3.05) is 0 Å². The monoisotopic (exact) mass is 241 g/mol. The first-order valence-corrected chi connectivity index (χ1v) is 3.58. The quantitative estimate of drug-likeness (QED) is 0.806. The molecule has 1 heterocycles. The first-order chi connectivity index (χ1) is 5.77. The highest BCUT2D eigenvalue weighted by atomic mass is 79.9. The summed E-state index contributed by atoms with van der Waals surface area (Å²) in [5, 5.41) is 9.60. The lowest BCUT2D eigenvalue weighted by atomic mass is 10.1. The number of aromatic nitrogens is 1. The average Bonchev–Trinajstić information content (AvgIpc) is 2.49. The molecule has 0 saturated heterocycles. The summed E-state index contributed by atoms with van der Waals surface area (Å²) in [4.78, 5) is 13.5. The Balaban J connectivity index is 0.000000845. The zero-order chi connectivity index (χ0) is 8.55. The molecule has 2 aromatic rings. The fourth-order valence-corrected chi connectivity index (χ4v) is 1.19. The van der Waals surface area contributed by atoms with Crippen molar-refractivity contribution in [2.45, 2.75) is 0 Å². The number of carboxylic acid groups (broad SMARTS) is 1. The third-order valence-corrected chi connectivity index (χ3v) is 1.80. The van der Waals surface area contributed by atoms with Crippen LogP contribution in [0.2, 0.25) is 0 Å². The van der Waals surface area contributed by atoms with E-state index in [2.05, 4.69) is 4.98 Å². The number of nitrogens with one attached hydrogen (secondary N) is 1. The first kappa shape index (κ1) is 9.80. The molecule has 0 aliphatic rings. The maximum Gasteiger partial charge on any atom is 0.335 e. The van der Waals surface area contributed by atoms with E-state index in [0.717, 1.165) is 10.9 Å². The van der Waals surface area contributed by atoms with Crippen molar-refractivity contribution in [3.8, 4) is 0 Å². The second-order valence-corrected chi connectivity index (χ2v) is 2.58. The molecule has 0 amide bonds. The minimum absolute atomic E-state index is 0. The molecule has 4 heteroatoms. The minimum Gasteiger partial charge on any atom is -0.478 e. The van der Waals surface area contributed by atoms with Crippen LogP contribution in [0.15, 0.2) is 30.5 Å². The number of carbonyl (C=O) groups is 1. The van der Waals surface area contributed by atoms with Gasteiger partial charge in [-0.15, -0.1) is 17.0 Å². The van der Waals surface area contributed by atoms with Gasteiger partial charge in [-0.1, -0.05) is 0 Å². The third kappa shape index (κ3) is 1.72. The van der Waals surface area contributed by atoms with Gasteiger partial charge < -0.3 is 10.1 Å². The largest absolute Gasteiger partial charge is 0.478 e. The smallest absolute Gasteiger partial charge is 0.335 e. The SMILES string of the molecule is Br.O=C(O)c1ccc2[nH]ccc2c1. The average molecular weight is 242 g/mol. The van der Waals surface area contributed by atoms with E-state index in [-0.39, 0.29) is 17.0 Å². The molecule has 0 aliphatic heterocycles. The van der Waals surface area contributed by atoms with E-state index in [4.69, 9.17) is 5.11 Å². The van der Waals surface area contributed by atoms with Crippen LogP contribution in [0.25, 0.3) is 10.9 Å². The normalized spacial score (nSPS) is 9.54. The highest BCUT2D eigenvalue weighted by Gasteiger charge is 2.02. The molecule has 2 N–H and O–H groups in total. The predicted octanol–water partition coefficient (Wildman–Crippen LogP) is 2.44. The van der Waals surface area contributed by atoms with Gasteiger partial charge in [0.05, 0.1) is 5.56 Å². The Kier molecular flexibility index (Phi) is 2.72. The van der Waals surface area contributed by atoms with E-state index in [9.17, 15) is 4.79 Å². The summed E-state index contributed by atoms with van der Waals surface area (Å²) >= 11 is 0. The van der Waals surface area contributed by atoms with E-state index in [1.165, 1.54) is 0 Å². The number of H-pyrrole nitrogens is 1. The third-order valence-electron chi connectivity index (χ3n) is 1.80. The Hall–Kier alpha value is -1.29. The van der Waals surface area contributed by atoms with E-state index < -0.39 is 5.97 Å². The lowest BCUT2D eigenvalue weighted by Crippen LogP contribution is -1.94. The van der Waals surface area contributed by atoms with Crippen molar-refractivity contribution < 1.29 is 9.90 Å². The van der Waals surface area contributed by atoms with Gasteiger partial charge >= 0.3 is 5.97 Å². The molecule has 0 spiro atoms. The molecule has 0 bridgehead atoms. The standard InChI is InChI=1S/C9H7NO2.BrH/c11-9(12)7-1-2-8-6(5-7)3-4-10-8;/h1-5,10H,(H,11,12);1H. The molecule has 2 rings (SSSR count). The number of benzene rings is 1. The summed E-state index contributed by atoms with van der Waals surface area (Å²) in [6.07, 6.45) is 1.79. The van der Waals surface area contributed by atoms with Crippen molar-refractivity contribution in [1.82, 2.24) is 4.98 Å². The van der Waals surface area contributed by atoms with Gasteiger partial charge in [-0.3, -0.25) is 0 Å². The summed E-state index contributed by atoms with van der Waals surface area (Å²) in [7, 11) is 0. The number of aromatic amines is 1. The van der Waals surface area contributed by atoms with Crippen molar-refractivity contribution >= 4 is 33.9 Å². The van der Waals surface area contributed by atoms with Crippen LogP contribution in [-0.4, -0.2) is 16.1 Å². The fraction of sp³-hybridized carbons (Fsp3) is 0. The van der Waals surface area contributed by atoms with E-state index in [0.29, 0.717) is 5.56 Å². The molecule has 1 aromatic heterocycles. The lowest BCUT2D eigenvalue weighted by molar-refractivity contribution is 0.0697. The fourth-order valence-electron chi connectivity index (χ4n) is 1.19. The molecular weight excluding hydrogens is 234 g/mol. The first-order valence-electron chi connectivity index (χ1n) is 3.58. The van der Waals surface area contributed by atoms with Crippen LogP contribution in [0.4, 0.5) is 0 Å². The van der Waals surface area contributed by atoms with Gasteiger partial charge in [-0.25, -0.2) is 4.79 Å². The number of fused-ring (bicyclic) bond motifs is 1. The Morgan fingerprint density at radius 2 is 2.08 bits per heavy atom. The molecule has 3 nitrogen and oxygen atoms in total. The van der Waals surface area contributed by atoms with Gasteiger partial charge in [0.15, 0.2) is 0 Å². The molecule has 0 radical (unpaired) electrons. The second-order valence-electron chi connectivity index (χ2n) is 2.58. The van der Waals surface area contributed by atoms with Crippen LogP contribution < -0.4 is 0 Å². The van der Waals surface area contributed by atoms with E-state index in [1.807, 2.05) is 6.07 Å². The number of rotatable bonds is 1. The summed E-state index contributed by atoms with van der Waals surface area (Å²) in [5.41, 5.74) is 1.28. The topological polar surface area (TPSA) is 53.1 Å². The lowest BCUT2D eigenvalue weighted by Gasteiger charge is -1.93. The van der Waals surface area contributed by atoms with Gasteiger partial charge in [0, 0.05) is 17.1 Å². The highest BCUT2D eigenvalue weighted by Crippen LogP contribution is 2.13. The van der Waals surface area contributed by atoms with Crippen LogP contribution >= 0.6 is 17.0 Å². The molecule has 0 fully saturated rings. The maximum atomic E-state index is 10.6. The highest BCUT2D eigenvalue weighted by molar-refractivity contribution is 8.93. The molecule has 68 valence electrons. The molecule has 0 aliphatic carbocycles. The van der Waals surface area contributed by atoms with Crippen molar-refractivity contribution in [3.05, 3.63) is 36.0 Å². The van der Waals surface area contributed by atoms with Gasteiger partial charge in [-0.05, 0) is 24.3 Å². The number of hydrogen-bond donors (Lipinski definition) is 2. The van der Waals surface area contributed by atoms with Crippen molar-refractivity contribution in [2.24, 2.45) is 0 Å². The molecule has 0 atom stereocenters. The molecule has 13 heavy (non-hydrogen) atoms. The Morgan fingerprint density at radius 3 is 2.77 bits per heavy atom. The summed E-state index contributed by atoms with van der Waals surface area (Å²) in [6, 6.07) is 6.84. The van der Waals surface area contributed by atoms with Crippen LogP contribution in [0, 0.1) is 0 Å². The molecule has 0 unspecified atom stereocenters. The molecule has 1 aromatic carbocycles. The van der Waals surface area contributed by atoms with E-state index >= 15 is 0 Å². The van der Waals surface area contributed by atoms with Gasteiger partial charge in [0.1, 0.15) is 0 Å². The number of hydrogen-bond acceptors (Lipinski definition) is 1. The van der Waals surface area contributed by atoms with Crippen LogP contribution in [0.5, 0.6) is 0 Å². The minimum atomic E-state index is -0.891. The Morgan fingerprint density at radius 1 is 1.31 bits per heavy atom. The Bertz CT molecular complexity index is 436. The van der Waals surface area contributed by atoms with Crippen LogP contribution in [-0.2, 0) is 0 Å². The molecule has 0 saturated carbocycles. The van der Waals surface area contributed by atoms with E-state index in [1.54, 1.807) is 24.4 Å². The predicted molar refractivity (Wildman–Crippen MR) is 55.6 cm³/mol. The zero-order valence-corrected chi connectivity index (χ0v) is 8.36. The van der Waals surface area contributed by atoms with Crippen LogP contribution in [0.1, 0.15) is 10.4 Å². The summed E-state index contributed by atoms with van der Waals surface area (Å²) in [6.45, 7) is 0. The summed E-state index contributed by atoms with van der Waals surface area (Å²) in [5.74, 6) is -0.891. The Labute approximate surface area is 85.2 Å².